The number of sulfonamides is 1. The van der Waals surface area contributed by atoms with Crippen LogP contribution in [0, 0.1) is 0 Å². The summed E-state index contributed by atoms with van der Waals surface area (Å²) < 4.78 is 27.6. The maximum Gasteiger partial charge on any atom is 0.252 e. The Morgan fingerprint density at radius 1 is 1.10 bits per heavy atom. The van der Waals surface area contributed by atoms with Crippen molar-refractivity contribution in [3.63, 3.8) is 0 Å². The van der Waals surface area contributed by atoms with E-state index in [1.54, 1.807) is 12.1 Å². The first kappa shape index (κ1) is 22.2. The van der Waals surface area contributed by atoms with Gasteiger partial charge < -0.3 is 5.32 Å². The average molecular weight is 456 g/mol. The first-order chi connectivity index (χ1) is 13.8. The molecule has 0 bridgehead atoms. The maximum atomic E-state index is 12.7. The van der Waals surface area contributed by atoms with Gasteiger partial charge in [0.25, 0.3) is 10.0 Å². The molecule has 1 aliphatic heterocycles. The minimum Gasteiger partial charge on any atom is -0.354 e. The molecule has 0 unspecified atom stereocenters. The van der Waals surface area contributed by atoms with Crippen molar-refractivity contribution >= 4 is 38.9 Å². The molecule has 2 atom stereocenters. The largest absolute Gasteiger partial charge is 0.354 e. The van der Waals surface area contributed by atoms with Crippen molar-refractivity contribution in [2.24, 2.45) is 0 Å². The molecule has 29 heavy (non-hydrogen) atoms. The molecule has 1 amide bonds. The SMILES string of the molecule is C[C@H](C(=O)NC[C@H](C)c1ccccc1)N1CCN(S(=O)(=O)c2ccc(Cl)s2)CC1. The number of nitrogens with zero attached hydrogens (tertiary/aromatic N) is 2. The second-order valence-corrected chi connectivity index (χ2v) is 11.1. The number of hydrogen-bond acceptors (Lipinski definition) is 5. The number of thiophene rings is 1. The highest BCUT2D eigenvalue weighted by molar-refractivity contribution is 7.91. The molecule has 1 aromatic heterocycles. The van der Waals surface area contributed by atoms with Crippen molar-refractivity contribution in [2.75, 3.05) is 32.7 Å². The lowest BCUT2D eigenvalue weighted by atomic mass is 10.0. The summed E-state index contributed by atoms with van der Waals surface area (Å²) in [5.41, 5.74) is 1.19. The van der Waals surface area contributed by atoms with Crippen LogP contribution in [0.4, 0.5) is 0 Å². The van der Waals surface area contributed by atoms with Crippen molar-refractivity contribution < 1.29 is 13.2 Å². The van der Waals surface area contributed by atoms with Gasteiger partial charge in [-0.1, -0.05) is 48.9 Å². The van der Waals surface area contributed by atoms with E-state index in [0.29, 0.717) is 37.1 Å². The smallest absolute Gasteiger partial charge is 0.252 e. The van der Waals surface area contributed by atoms with Crippen LogP contribution in [0.25, 0.3) is 0 Å². The van der Waals surface area contributed by atoms with E-state index in [1.807, 2.05) is 30.0 Å². The number of nitrogens with one attached hydrogen (secondary N) is 1. The van der Waals surface area contributed by atoms with Gasteiger partial charge in [-0.05, 0) is 30.5 Å². The molecule has 1 fully saturated rings. The lowest BCUT2D eigenvalue weighted by Crippen LogP contribution is -2.55. The summed E-state index contributed by atoms with van der Waals surface area (Å²) >= 11 is 6.94. The maximum absolute atomic E-state index is 12.7. The summed E-state index contributed by atoms with van der Waals surface area (Å²) in [5, 5.41) is 3.02. The Morgan fingerprint density at radius 3 is 2.34 bits per heavy atom. The normalized spacial score (nSPS) is 18.3. The molecule has 158 valence electrons. The van der Waals surface area contributed by atoms with Crippen LogP contribution < -0.4 is 5.32 Å². The number of hydrogen-bond donors (Lipinski definition) is 1. The second kappa shape index (κ2) is 9.57. The summed E-state index contributed by atoms with van der Waals surface area (Å²) in [6.45, 7) is 6.27. The van der Waals surface area contributed by atoms with E-state index in [2.05, 4.69) is 24.4 Å². The van der Waals surface area contributed by atoms with Gasteiger partial charge in [-0.15, -0.1) is 11.3 Å². The van der Waals surface area contributed by atoms with Gasteiger partial charge in [0.2, 0.25) is 5.91 Å². The molecule has 9 heteroatoms. The van der Waals surface area contributed by atoms with E-state index >= 15 is 0 Å². The minimum atomic E-state index is -3.52. The Labute approximate surface area is 181 Å². The van der Waals surface area contributed by atoms with Crippen LogP contribution in [-0.2, 0) is 14.8 Å². The van der Waals surface area contributed by atoms with Crippen LogP contribution in [0.5, 0.6) is 0 Å². The van der Waals surface area contributed by atoms with E-state index in [-0.39, 0.29) is 22.1 Å². The van der Waals surface area contributed by atoms with Gasteiger partial charge in [0.1, 0.15) is 4.21 Å². The van der Waals surface area contributed by atoms with Gasteiger partial charge in [0, 0.05) is 32.7 Å². The predicted molar refractivity (Wildman–Crippen MR) is 117 cm³/mol. The fourth-order valence-electron chi connectivity index (χ4n) is 3.36. The van der Waals surface area contributed by atoms with E-state index < -0.39 is 10.0 Å². The van der Waals surface area contributed by atoms with Crippen LogP contribution in [0.1, 0.15) is 25.3 Å². The van der Waals surface area contributed by atoms with Crippen LogP contribution in [-0.4, -0.2) is 62.3 Å². The van der Waals surface area contributed by atoms with E-state index in [0.717, 1.165) is 11.3 Å². The second-order valence-electron chi connectivity index (χ2n) is 7.23. The molecule has 1 N–H and O–H groups in total. The Kier molecular flexibility index (Phi) is 7.34. The van der Waals surface area contributed by atoms with Crippen LogP contribution in [0.15, 0.2) is 46.7 Å². The third kappa shape index (κ3) is 5.38. The lowest BCUT2D eigenvalue weighted by Gasteiger charge is -2.36. The summed E-state index contributed by atoms with van der Waals surface area (Å²) in [7, 11) is -3.52. The molecule has 6 nitrogen and oxygen atoms in total. The third-order valence-corrected chi connectivity index (χ3v) is 8.89. The number of amides is 1. The van der Waals surface area contributed by atoms with Crippen molar-refractivity contribution in [2.45, 2.75) is 30.0 Å². The van der Waals surface area contributed by atoms with E-state index in [4.69, 9.17) is 11.6 Å². The Hall–Kier alpha value is -1.45. The number of halogens is 1. The Morgan fingerprint density at radius 2 is 1.76 bits per heavy atom. The van der Waals surface area contributed by atoms with Gasteiger partial charge >= 0.3 is 0 Å². The average Bonchev–Trinajstić information content (AvgIpc) is 3.19. The molecule has 2 aromatic rings. The van der Waals surface area contributed by atoms with Gasteiger partial charge in [-0.3, -0.25) is 9.69 Å². The van der Waals surface area contributed by atoms with Gasteiger partial charge in [-0.25, -0.2) is 8.42 Å². The molecule has 0 spiro atoms. The highest BCUT2D eigenvalue weighted by Crippen LogP contribution is 2.28. The molecule has 1 saturated heterocycles. The van der Waals surface area contributed by atoms with Crippen LogP contribution in [0.3, 0.4) is 0 Å². The highest BCUT2D eigenvalue weighted by Gasteiger charge is 2.32. The molecule has 2 heterocycles. The Bertz CT molecular complexity index is 925. The summed E-state index contributed by atoms with van der Waals surface area (Å²) in [5.74, 6) is 0.195. The van der Waals surface area contributed by atoms with Crippen LogP contribution >= 0.6 is 22.9 Å². The highest BCUT2D eigenvalue weighted by atomic mass is 35.5. The lowest BCUT2D eigenvalue weighted by molar-refractivity contribution is -0.126. The zero-order chi connectivity index (χ0) is 21.0. The molecule has 0 aliphatic carbocycles. The van der Waals surface area contributed by atoms with Gasteiger partial charge in [-0.2, -0.15) is 4.31 Å². The monoisotopic (exact) mass is 455 g/mol. The van der Waals surface area contributed by atoms with Gasteiger partial charge in [0.15, 0.2) is 0 Å². The quantitative estimate of drug-likeness (QED) is 0.696. The molecular formula is C20H26ClN3O3S2. The van der Waals surface area contributed by atoms with E-state index in [9.17, 15) is 13.2 Å². The first-order valence-corrected chi connectivity index (χ1v) is 12.2. The predicted octanol–water partition coefficient (Wildman–Crippen LogP) is 3.02. The Balaban J connectivity index is 1.50. The van der Waals surface area contributed by atoms with Crippen LogP contribution in [0.2, 0.25) is 4.34 Å². The fraction of sp³-hybridized carbons (Fsp3) is 0.450. The van der Waals surface area contributed by atoms with Crippen molar-refractivity contribution in [1.29, 1.82) is 0 Å². The van der Waals surface area contributed by atoms with Crippen molar-refractivity contribution in [3.8, 4) is 0 Å². The number of piperazine rings is 1. The molecule has 1 aromatic carbocycles. The number of rotatable bonds is 7. The summed E-state index contributed by atoms with van der Waals surface area (Å²) in [6.07, 6.45) is 0. The zero-order valence-corrected chi connectivity index (χ0v) is 18.9. The molecular weight excluding hydrogens is 430 g/mol. The zero-order valence-electron chi connectivity index (χ0n) is 16.5. The van der Waals surface area contributed by atoms with Gasteiger partial charge in [0.05, 0.1) is 10.4 Å². The fourth-order valence-corrected chi connectivity index (χ4v) is 6.42. The van der Waals surface area contributed by atoms with Crippen molar-refractivity contribution in [3.05, 3.63) is 52.4 Å². The standard InChI is InChI=1S/C20H26ClN3O3S2/c1-15(17-6-4-3-5-7-17)14-22-20(25)16(2)23-10-12-24(13-11-23)29(26,27)19-9-8-18(21)28-19/h3-9,15-16H,10-14H2,1-2H3,(H,22,25)/t15-,16+/m0/s1. The summed E-state index contributed by atoms with van der Waals surface area (Å²) in [4.78, 5) is 14.6. The molecule has 0 radical (unpaired) electrons. The number of benzene rings is 1. The first-order valence-electron chi connectivity index (χ1n) is 9.61. The topological polar surface area (TPSA) is 69.7 Å². The number of carbonyl (C=O) groups excluding carboxylic acids is 1. The minimum absolute atomic E-state index is 0.0332. The number of carbonyl (C=O) groups is 1. The van der Waals surface area contributed by atoms with Crippen molar-refractivity contribution in [1.82, 2.24) is 14.5 Å². The molecule has 0 saturated carbocycles. The third-order valence-electron chi connectivity index (χ3n) is 5.29. The van der Waals surface area contributed by atoms with E-state index in [1.165, 1.54) is 9.87 Å². The molecule has 3 rings (SSSR count). The molecule has 1 aliphatic rings. The summed E-state index contributed by atoms with van der Waals surface area (Å²) in [6, 6.07) is 12.9.